The second kappa shape index (κ2) is 2.26. The van der Waals surface area contributed by atoms with Crippen LogP contribution in [0.5, 0.6) is 0 Å². The van der Waals surface area contributed by atoms with Gasteiger partial charge in [-0.1, -0.05) is 0 Å². The van der Waals surface area contributed by atoms with Crippen molar-refractivity contribution in [2.75, 3.05) is 0 Å². The molecule has 2 aliphatic heterocycles. The second-order valence-electron chi connectivity index (χ2n) is 2.01. The van der Waals surface area contributed by atoms with Gasteiger partial charge in [0.1, 0.15) is 5.71 Å². The minimum atomic E-state index is -0.639. The summed E-state index contributed by atoms with van der Waals surface area (Å²) in [4.78, 5) is 34.7. The molecule has 1 radical (unpaired) electrons. The lowest BCUT2D eigenvalue weighted by molar-refractivity contribution is 0.257. The van der Waals surface area contributed by atoms with Gasteiger partial charge in [0.25, 0.3) is 6.29 Å². The molecular formula is C6HN4O2. The summed E-state index contributed by atoms with van der Waals surface area (Å²) in [6, 6.07) is -0.639. The highest BCUT2D eigenvalue weighted by molar-refractivity contribution is 6.69. The van der Waals surface area contributed by atoms with Crippen molar-refractivity contribution in [1.82, 2.24) is 0 Å². The number of rotatable bonds is 1. The zero-order valence-corrected chi connectivity index (χ0v) is 5.68. The number of carbonyl (C=O) groups is 1. The van der Waals surface area contributed by atoms with E-state index in [9.17, 15) is 9.59 Å². The number of amidine groups is 2. The topological polar surface area (TPSA) is 83.6 Å². The van der Waals surface area contributed by atoms with Gasteiger partial charge in [-0.05, 0) is 0 Å². The van der Waals surface area contributed by atoms with Gasteiger partial charge in [0.2, 0.25) is 5.84 Å². The zero-order chi connectivity index (χ0) is 8.55. The molecule has 12 heavy (non-hydrogen) atoms. The molecule has 0 saturated heterocycles. The monoisotopic (exact) mass is 161 g/mol. The highest BCUT2D eigenvalue weighted by Gasteiger charge is 2.20. The molecule has 2 aliphatic rings. The number of nitrogens with zero attached hydrogens (tertiary/aromatic N) is 4. The molecule has 0 aromatic heterocycles. The number of hydrogen-bond acceptors (Lipinski definition) is 4. The number of fused-ring (bicyclic) bond motifs is 1. The zero-order valence-electron chi connectivity index (χ0n) is 5.68. The molecule has 2 heterocycles. The van der Waals surface area contributed by atoms with Gasteiger partial charge in [-0.2, -0.15) is 9.98 Å². The Hall–Kier alpha value is -1.98. The quantitative estimate of drug-likeness (QED) is 0.521. The van der Waals surface area contributed by atoms with E-state index >= 15 is 0 Å². The highest BCUT2D eigenvalue weighted by Crippen LogP contribution is 2.03. The van der Waals surface area contributed by atoms with Gasteiger partial charge in [-0.15, -0.1) is 0 Å². The lowest BCUT2D eigenvalue weighted by Crippen LogP contribution is -2.16. The molecule has 0 saturated carbocycles. The van der Waals surface area contributed by atoms with E-state index in [0.717, 1.165) is 0 Å². The van der Waals surface area contributed by atoms with Crippen LogP contribution in [-0.2, 0) is 4.79 Å². The minimum Gasteiger partial charge on any atom is -0.281 e. The normalized spacial score (nSPS) is 19.7. The third-order valence-corrected chi connectivity index (χ3v) is 1.26. The first kappa shape index (κ1) is 6.71. The number of aliphatic imine (C=N–C) groups is 4. The van der Waals surface area contributed by atoms with Crippen molar-refractivity contribution in [3.8, 4) is 0 Å². The predicted octanol–water partition coefficient (Wildman–Crippen LogP) is -0.448. The Morgan fingerprint density at radius 3 is 2.83 bits per heavy atom. The summed E-state index contributed by atoms with van der Waals surface area (Å²) in [7, 11) is 0. The Bertz CT molecular complexity index is 388. The maximum Gasteiger partial charge on any atom is 0.369 e. The summed E-state index contributed by atoms with van der Waals surface area (Å²) in [6.45, 7) is 0. The van der Waals surface area contributed by atoms with Crippen LogP contribution >= 0.6 is 0 Å². The van der Waals surface area contributed by atoms with E-state index in [0.29, 0.717) is 5.71 Å². The number of hydrogen-bond donors (Lipinski definition) is 0. The van der Waals surface area contributed by atoms with Crippen molar-refractivity contribution in [2.24, 2.45) is 20.0 Å². The van der Waals surface area contributed by atoms with Crippen LogP contribution in [0.3, 0.4) is 0 Å². The van der Waals surface area contributed by atoms with E-state index in [4.69, 9.17) is 0 Å². The van der Waals surface area contributed by atoms with E-state index in [1.165, 1.54) is 12.5 Å². The summed E-state index contributed by atoms with van der Waals surface area (Å²) < 4.78 is 0. The van der Waals surface area contributed by atoms with Crippen LogP contribution in [0.4, 0.5) is 4.79 Å². The van der Waals surface area contributed by atoms with Crippen LogP contribution in [0.25, 0.3) is 0 Å². The molecule has 57 valence electrons. The summed E-state index contributed by atoms with van der Waals surface area (Å²) in [5.74, 6) is 0.0262. The molecular weight excluding hydrogens is 160 g/mol. The Morgan fingerprint density at radius 2 is 2.08 bits per heavy atom. The van der Waals surface area contributed by atoms with E-state index in [-0.39, 0.29) is 11.7 Å². The fraction of sp³-hybridized carbons (Fsp3) is 0. The summed E-state index contributed by atoms with van der Waals surface area (Å²) in [5.41, 5.74) is 0.327. The lowest BCUT2D eigenvalue weighted by atomic mass is 10.3. The molecule has 0 spiro atoms. The molecule has 0 bridgehead atoms. The first-order valence-electron chi connectivity index (χ1n) is 3.02. The molecule has 0 unspecified atom stereocenters. The largest absolute Gasteiger partial charge is 0.369 e. The number of urea groups is 1. The van der Waals surface area contributed by atoms with Crippen LogP contribution < -0.4 is 0 Å². The Morgan fingerprint density at radius 1 is 1.25 bits per heavy atom. The van der Waals surface area contributed by atoms with Gasteiger partial charge >= 0.3 is 6.03 Å². The van der Waals surface area contributed by atoms with Crippen molar-refractivity contribution in [2.45, 2.75) is 0 Å². The molecule has 0 N–H and O–H groups in total. The maximum absolute atomic E-state index is 10.6. The van der Waals surface area contributed by atoms with Gasteiger partial charge in [-0.3, -0.25) is 4.79 Å². The van der Waals surface area contributed by atoms with Gasteiger partial charge in [0, 0.05) is 0 Å². The van der Waals surface area contributed by atoms with Crippen LogP contribution in [0.1, 0.15) is 0 Å². The second-order valence-corrected chi connectivity index (χ2v) is 2.01. The van der Waals surface area contributed by atoms with E-state index in [1.807, 2.05) is 0 Å². The van der Waals surface area contributed by atoms with E-state index in [2.05, 4.69) is 20.0 Å². The average Bonchev–Trinajstić information content (AvgIpc) is 2.46. The van der Waals surface area contributed by atoms with Crippen molar-refractivity contribution in [3.63, 3.8) is 0 Å². The van der Waals surface area contributed by atoms with E-state index in [1.54, 1.807) is 0 Å². The summed E-state index contributed by atoms with van der Waals surface area (Å²) in [6.07, 6.45) is 2.71. The van der Waals surface area contributed by atoms with Crippen LogP contribution in [0.15, 0.2) is 20.0 Å². The molecule has 2 rings (SSSR count). The Kier molecular flexibility index (Phi) is 1.26. The Labute approximate surface area is 66.5 Å². The van der Waals surface area contributed by atoms with Gasteiger partial charge in [-0.25, -0.2) is 14.8 Å². The third kappa shape index (κ3) is 0.895. The maximum atomic E-state index is 10.6. The Balaban J connectivity index is 2.47. The standard InChI is InChI=1S/C6HN4O2/c11-2-4-8-3-1-7-6(12)10-5(3)9-4/h1H. The molecule has 0 aromatic carbocycles. The molecule has 6 nitrogen and oxygen atoms in total. The first-order valence-corrected chi connectivity index (χ1v) is 3.02. The van der Waals surface area contributed by atoms with E-state index < -0.39 is 6.03 Å². The molecule has 0 fully saturated rings. The lowest BCUT2D eigenvalue weighted by Gasteiger charge is -1.95. The van der Waals surface area contributed by atoms with Crippen LogP contribution in [0.2, 0.25) is 0 Å². The summed E-state index contributed by atoms with van der Waals surface area (Å²) >= 11 is 0. The molecule has 6 heteroatoms. The molecule has 0 aliphatic carbocycles. The smallest absolute Gasteiger partial charge is 0.281 e. The van der Waals surface area contributed by atoms with Crippen molar-refractivity contribution >= 4 is 35.9 Å². The summed E-state index contributed by atoms with van der Waals surface area (Å²) in [5, 5.41) is 0. The predicted molar refractivity (Wildman–Crippen MR) is 41.9 cm³/mol. The average molecular weight is 161 g/mol. The van der Waals surface area contributed by atoms with Gasteiger partial charge in [0.15, 0.2) is 5.84 Å². The molecule has 2 amide bonds. The number of amides is 2. The van der Waals surface area contributed by atoms with Crippen molar-refractivity contribution < 1.29 is 9.59 Å². The first-order chi connectivity index (χ1) is 5.79. The van der Waals surface area contributed by atoms with Gasteiger partial charge in [0.05, 0.1) is 6.21 Å². The van der Waals surface area contributed by atoms with Crippen molar-refractivity contribution in [3.05, 3.63) is 0 Å². The molecule has 0 atom stereocenters. The van der Waals surface area contributed by atoms with Gasteiger partial charge < -0.3 is 0 Å². The number of carbonyl (C=O) groups excluding carboxylic acids is 2. The SMILES string of the molecule is O=[C]C1=NC2=NC(=O)N=CC2=N1. The third-order valence-electron chi connectivity index (χ3n) is 1.26. The molecule has 0 aromatic rings. The fourth-order valence-electron chi connectivity index (χ4n) is 0.797. The van der Waals surface area contributed by atoms with Crippen LogP contribution in [-0.4, -0.2) is 35.9 Å². The van der Waals surface area contributed by atoms with Crippen LogP contribution in [0, 0.1) is 0 Å². The minimum absolute atomic E-state index is 0.107. The highest BCUT2D eigenvalue weighted by atomic mass is 16.2. The van der Waals surface area contributed by atoms with Crippen molar-refractivity contribution in [1.29, 1.82) is 0 Å². The fourth-order valence-corrected chi connectivity index (χ4v) is 0.797.